The van der Waals surface area contributed by atoms with Gasteiger partial charge in [0.2, 0.25) is 0 Å². The van der Waals surface area contributed by atoms with Crippen LogP contribution in [0.2, 0.25) is 0 Å². The number of hydrogen-bond acceptors (Lipinski definition) is 2. The van der Waals surface area contributed by atoms with Crippen LogP contribution in [0.5, 0.6) is 0 Å². The van der Waals surface area contributed by atoms with Crippen LogP contribution in [0.15, 0.2) is 249 Å². The maximum atomic E-state index is 5.31. The lowest BCUT2D eigenvalue weighted by molar-refractivity contribution is 1.18. The van der Waals surface area contributed by atoms with Crippen LogP contribution in [-0.2, 0) is 0 Å². The molecule has 0 aliphatic rings. The van der Waals surface area contributed by atoms with Gasteiger partial charge in [0.05, 0.1) is 22.4 Å². The minimum atomic E-state index is 0.683. The second-order valence-corrected chi connectivity index (χ2v) is 17.3. The van der Waals surface area contributed by atoms with Gasteiger partial charge in [0, 0.05) is 33.2 Å². The predicted octanol–water partition coefficient (Wildman–Crippen LogP) is 17.0. The van der Waals surface area contributed by atoms with Gasteiger partial charge >= 0.3 is 0 Å². The molecular weight excluding hydrogens is 811 g/mol. The molecule has 0 atom stereocenters. The third-order valence-corrected chi connectivity index (χ3v) is 13.4. The molecule has 3 heteroatoms. The number of fused-ring (bicyclic) bond motifs is 7. The van der Waals surface area contributed by atoms with E-state index < -0.39 is 0 Å². The highest BCUT2D eigenvalue weighted by Gasteiger charge is 2.17. The van der Waals surface area contributed by atoms with Gasteiger partial charge in [-0.1, -0.05) is 200 Å². The molecule has 0 N–H and O–H groups in total. The van der Waals surface area contributed by atoms with Crippen molar-refractivity contribution in [1.29, 1.82) is 0 Å². The third-order valence-electron chi connectivity index (χ3n) is 13.4. The summed E-state index contributed by atoms with van der Waals surface area (Å²) >= 11 is 0. The van der Waals surface area contributed by atoms with Crippen molar-refractivity contribution in [2.45, 2.75) is 0 Å². The van der Waals surface area contributed by atoms with E-state index in [0.717, 1.165) is 50.5 Å². The summed E-state index contributed by atoms with van der Waals surface area (Å²) in [7, 11) is 0. The van der Waals surface area contributed by atoms with Crippen LogP contribution < -0.4 is 0 Å². The highest BCUT2D eigenvalue weighted by atomic mass is 15.0. The van der Waals surface area contributed by atoms with Crippen LogP contribution in [0.1, 0.15) is 0 Å². The molecule has 0 radical (unpaired) electrons. The van der Waals surface area contributed by atoms with E-state index in [-0.39, 0.29) is 0 Å². The van der Waals surface area contributed by atoms with E-state index >= 15 is 0 Å². The van der Waals surface area contributed by atoms with Gasteiger partial charge in [-0.05, 0) is 114 Å². The molecule has 13 aromatic rings. The molecule has 0 aliphatic heterocycles. The SMILES string of the molecule is c1ccc(-c2cccc(-c3cc(-c4ccc(-c5ccc6c(c5)c5ccccc5n6-c5ccccc5)cc4)nc(-c4ccc(-c5c6ccccc6cc6c5ccc5ccccc56)cc4)n3)c2)cc1. The van der Waals surface area contributed by atoms with E-state index in [1.807, 2.05) is 0 Å². The first-order chi connectivity index (χ1) is 33.2. The molecule has 0 bridgehead atoms. The Balaban J connectivity index is 0.913. The number of para-hydroxylation sites is 2. The van der Waals surface area contributed by atoms with Crippen molar-refractivity contribution in [3.8, 4) is 73.0 Å². The average Bonchev–Trinajstić information content (AvgIpc) is 3.74. The highest BCUT2D eigenvalue weighted by molar-refractivity contribution is 6.20. The van der Waals surface area contributed by atoms with Crippen molar-refractivity contribution in [2.75, 3.05) is 0 Å². The summed E-state index contributed by atoms with van der Waals surface area (Å²) < 4.78 is 2.36. The first-order valence-electron chi connectivity index (χ1n) is 22.9. The summed E-state index contributed by atoms with van der Waals surface area (Å²) in [4.78, 5) is 10.6. The molecule has 2 aromatic heterocycles. The molecule has 13 rings (SSSR count). The van der Waals surface area contributed by atoms with Crippen LogP contribution in [0, 0.1) is 0 Å². The van der Waals surface area contributed by atoms with Gasteiger partial charge in [-0.3, -0.25) is 0 Å². The summed E-state index contributed by atoms with van der Waals surface area (Å²) in [6, 6.07) is 89.4. The number of benzene rings is 11. The number of aromatic nitrogens is 3. The molecule has 3 nitrogen and oxygen atoms in total. The van der Waals surface area contributed by atoms with E-state index in [1.165, 1.54) is 70.8 Å². The molecule has 0 aliphatic carbocycles. The monoisotopic (exact) mass is 851 g/mol. The Morgan fingerprint density at radius 2 is 0.806 bits per heavy atom. The van der Waals surface area contributed by atoms with Crippen molar-refractivity contribution in [2.24, 2.45) is 0 Å². The lowest BCUT2D eigenvalue weighted by atomic mass is 9.89. The van der Waals surface area contributed by atoms with Crippen molar-refractivity contribution >= 4 is 54.1 Å². The van der Waals surface area contributed by atoms with Crippen LogP contribution in [0.25, 0.3) is 127 Å². The van der Waals surface area contributed by atoms with Gasteiger partial charge in [-0.25, -0.2) is 9.97 Å². The minimum absolute atomic E-state index is 0.683. The molecule has 2 heterocycles. The molecule has 11 aromatic carbocycles. The molecular formula is C64H41N3. The molecule has 0 fully saturated rings. The Bertz CT molecular complexity index is 4000. The van der Waals surface area contributed by atoms with Crippen LogP contribution in [-0.4, -0.2) is 14.5 Å². The van der Waals surface area contributed by atoms with Gasteiger partial charge < -0.3 is 4.57 Å². The van der Waals surface area contributed by atoms with E-state index in [9.17, 15) is 0 Å². The molecule has 0 spiro atoms. The first-order valence-corrected chi connectivity index (χ1v) is 22.9. The largest absolute Gasteiger partial charge is 0.309 e. The fourth-order valence-electron chi connectivity index (χ4n) is 10.1. The predicted molar refractivity (Wildman–Crippen MR) is 282 cm³/mol. The maximum absolute atomic E-state index is 5.31. The average molecular weight is 852 g/mol. The zero-order chi connectivity index (χ0) is 44.3. The lowest BCUT2D eigenvalue weighted by Crippen LogP contribution is -1.96. The Morgan fingerprint density at radius 1 is 0.254 bits per heavy atom. The van der Waals surface area contributed by atoms with Gasteiger partial charge in [0.25, 0.3) is 0 Å². The lowest BCUT2D eigenvalue weighted by Gasteiger charge is -2.15. The minimum Gasteiger partial charge on any atom is -0.309 e. The second kappa shape index (κ2) is 16.0. The first kappa shape index (κ1) is 38.5. The third kappa shape index (κ3) is 6.76. The Kier molecular flexibility index (Phi) is 9.17. The van der Waals surface area contributed by atoms with Gasteiger partial charge in [0.1, 0.15) is 0 Å². The molecule has 0 unspecified atom stereocenters. The summed E-state index contributed by atoms with van der Waals surface area (Å²) in [5.41, 5.74) is 15.3. The molecule has 0 amide bonds. The van der Waals surface area contributed by atoms with Crippen molar-refractivity contribution < 1.29 is 0 Å². The normalized spacial score (nSPS) is 11.6. The number of nitrogens with zero attached hydrogens (tertiary/aromatic N) is 3. The number of rotatable bonds is 7. The van der Waals surface area contributed by atoms with Gasteiger partial charge in [-0.2, -0.15) is 0 Å². The molecule has 0 saturated carbocycles. The summed E-state index contributed by atoms with van der Waals surface area (Å²) in [6.45, 7) is 0. The smallest absolute Gasteiger partial charge is 0.160 e. The Labute approximate surface area is 388 Å². The topological polar surface area (TPSA) is 30.7 Å². The van der Waals surface area contributed by atoms with E-state index in [4.69, 9.17) is 9.97 Å². The standard InChI is InChI=1S/C64H41N3/c1-3-14-42(15-4-1)48-18-13-19-51(38-48)60-41-59(45-28-26-43(27-29-45)49-35-37-62-58(39-49)55-24-11-12-25-61(55)67(62)52-20-5-2-6-21-52)65-64(66-60)47-32-30-46(31-33-47)63-54-23-10-8-17-50(54)40-57-53-22-9-7-16-44(53)34-36-56(57)63/h1-41H. The van der Waals surface area contributed by atoms with E-state index in [1.54, 1.807) is 0 Å². The van der Waals surface area contributed by atoms with Crippen molar-refractivity contribution in [3.63, 3.8) is 0 Å². The molecule has 0 saturated heterocycles. The summed E-state index contributed by atoms with van der Waals surface area (Å²) in [5.74, 6) is 0.683. The van der Waals surface area contributed by atoms with Crippen LogP contribution in [0.4, 0.5) is 0 Å². The summed E-state index contributed by atoms with van der Waals surface area (Å²) in [5, 5.41) is 9.95. The Hall–Kier alpha value is -8.92. The van der Waals surface area contributed by atoms with Crippen LogP contribution in [0.3, 0.4) is 0 Å². The van der Waals surface area contributed by atoms with Crippen molar-refractivity contribution in [3.05, 3.63) is 249 Å². The second-order valence-electron chi connectivity index (χ2n) is 17.3. The van der Waals surface area contributed by atoms with E-state index in [0.29, 0.717) is 5.82 Å². The quantitative estimate of drug-likeness (QED) is 0.118. The maximum Gasteiger partial charge on any atom is 0.160 e. The zero-order valence-corrected chi connectivity index (χ0v) is 36.5. The zero-order valence-electron chi connectivity index (χ0n) is 36.5. The Morgan fingerprint density at radius 3 is 1.61 bits per heavy atom. The van der Waals surface area contributed by atoms with E-state index in [2.05, 4.69) is 253 Å². The summed E-state index contributed by atoms with van der Waals surface area (Å²) in [6.07, 6.45) is 0. The van der Waals surface area contributed by atoms with Gasteiger partial charge in [-0.15, -0.1) is 0 Å². The molecule has 67 heavy (non-hydrogen) atoms. The molecule has 312 valence electrons. The van der Waals surface area contributed by atoms with Gasteiger partial charge in [0.15, 0.2) is 5.82 Å². The number of hydrogen-bond donors (Lipinski definition) is 0. The fraction of sp³-hybridized carbons (Fsp3) is 0. The highest BCUT2D eigenvalue weighted by Crippen LogP contribution is 2.41. The van der Waals surface area contributed by atoms with Crippen molar-refractivity contribution in [1.82, 2.24) is 14.5 Å². The fourth-order valence-corrected chi connectivity index (χ4v) is 10.1. The van der Waals surface area contributed by atoms with Crippen LogP contribution >= 0.6 is 0 Å².